The van der Waals surface area contributed by atoms with Gasteiger partial charge in [-0.05, 0) is 48.1 Å². The molecule has 1 N–H and O–H groups in total. The summed E-state index contributed by atoms with van der Waals surface area (Å²) in [6.07, 6.45) is 3.94. The second-order valence-electron chi connectivity index (χ2n) is 4.13. The molecule has 88 valence electrons. The molecule has 0 saturated heterocycles. The molecule has 0 aliphatic heterocycles. The van der Waals surface area contributed by atoms with Gasteiger partial charge in [0.2, 0.25) is 5.82 Å². The number of nitrogens with one attached hydrogen (secondary N) is 1. The van der Waals surface area contributed by atoms with Gasteiger partial charge in [0.05, 0.1) is 5.02 Å². The average molecular weight is 253 g/mol. The third-order valence-corrected chi connectivity index (χ3v) is 3.48. The van der Waals surface area contributed by atoms with Crippen LogP contribution in [0, 0.1) is 5.82 Å². The maximum absolute atomic E-state index is 13.7. The number of tetrazole rings is 1. The van der Waals surface area contributed by atoms with E-state index >= 15 is 0 Å². The highest BCUT2D eigenvalue weighted by Gasteiger charge is 2.22. The molecule has 0 unspecified atom stereocenters. The standard InChI is InChI=1S/C11H10ClFN4/c12-10-8(13)5-6-3-1-2-4-7(6)9(10)11-14-16-17-15-11/h5H,1-4H2,(H,14,15,16,17). The predicted octanol–water partition coefficient (Wildman–Crippen LogP) is 2.54. The van der Waals surface area contributed by atoms with Crippen LogP contribution in [0.25, 0.3) is 11.4 Å². The smallest absolute Gasteiger partial charge is 0.205 e. The zero-order valence-corrected chi connectivity index (χ0v) is 9.76. The minimum absolute atomic E-state index is 0.0899. The van der Waals surface area contributed by atoms with Crippen LogP contribution in [-0.2, 0) is 12.8 Å². The summed E-state index contributed by atoms with van der Waals surface area (Å²) in [7, 11) is 0. The summed E-state index contributed by atoms with van der Waals surface area (Å²) in [5.74, 6) is -0.0419. The van der Waals surface area contributed by atoms with Gasteiger partial charge in [0.1, 0.15) is 5.82 Å². The molecule has 0 atom stereocenters. The number of aromatic amines is 1. The largest absolute Gasteiger partial charge is 0.206 e. The SMILES string of the molecule is Fc1cc2c(c(-c3nn[nH]n3)c1Cl)CCCC2. The second-order valence-corrected chi connectivity index (χ2v) is 4.51. The van der Waals surface area contributed by atoms with Crippen LogP contribution in [0.5, 0.6) is 0 Å². The van der Waals surface area contributed by atoms with E-state index in [1.165, 1.54) is 6.07 Å². The first-order valence-corrected chi connectivity index (χ1v) is 5.88. The quantitative estimate of drug-likeness (QED) is 0.849. The number of fused-ring (bicyclic) bond motifs is 1. The maximum atomic E-state index is 13.7. The lowest BCUT2D eigenvalue weighted by Gasteiger charge is -2.19. The Hall–Kier alpha value is -1.49. The normalized spacial score (nSPS) is 14.7. The Morgan fingerprint density at radius 3 is 2.88 bits per heavy atom. The minimum atomic E-state index is -0.410. The van der Waals surface area contributed by atoms with Gasteiger partial charge in [-0.1, -0.05) is 11.6 Å². The van der Waals surface area contributed by atoms with Crippen molar-refractivity contribution in [1.29, 1.82) is 0 Å². The Labute approximate surface area is 102 Å². The van der Waals surface area contributed by atoms with E-state index in [2.05, 4.69) is 20.6 Å². The summed E-state index contributed by atoms with van der Waals surface area (Å²) >= 11 is 6.02. The van der Waals surface area contributed by atoms with Crippen molar-refractivity contribution in [2.45, 2.75) is 25.7 Å². The molecule has 0 spiro atoms. The van der Waals surface area contributed by atoms with Gasteiger partial charge in [0.15, 0.2) is 0 Å². The van der Waals surface area contributed by atoms with Gasteiger partial charge >= 0.3 is 0 Å². The van der Waals surface area contributed by atoms with Crippen molar-refractivity contribution in [3.8, 4) is 11.4 Å². The molecule has 0 saturated carbocycles. The fourth-order valence-corrected chi connectivity index (χ4v) is 2.60. The van der Waals surface area contributed by atoms with Gasteiger partial charge < -0.3 is 0 Å². The topological polar surface area (TPSA) is 54.5 Å². The molecule has 1 aliphatic rings. The van der Waals surface area contributed by atoms with E-state index < -0.39 is 5.82 Å². The molecule has 2 aromatic rings. The molecule has 0 amide bonds. The number of halogens is 2. The van der Waals surface area contributed by atoms with Crippen LogP contribution in [0.1, 0.15) is 24.0 Å². The van der Waals surface area contributed by atoms with E-state index in [4.69, 9.17) is 11.6 Å². The zero-order chi connectivity index (χ0) is 11.8. The summed E-state index contributed by atoms with van der Waals surface area (Å²) in [4.78, 5) is 0. The van der Waals surface area contributed by atoms with Gasteiger partial charge in [0, 0.05) is 5.56 Å². The van der Waals surface area contributed by atoms with E-state index in [1.807, 2.05) is 0 Å². The Kier molecular flexibility index (Phi) is 2.55. The van der Waals surface area contributed by atoms with Gasteiger partial charge in [-0.2, -0.15) is 5.21 Å². The van der Waals surface area contributed by atoms with E-state index in [0.29, 0.717) is 11.4 Å². The number of H-pyrrole nitrogens is 1. The molecule has 4 nitrogen and oxygen atoms in total. The van der Waals surface area contributed by atoms with E-state index in [-0.39, 0.29) is 5.02 Å². The average Bonchev–Trinajstić information content (AvgIpc) is 2.84. The molecular weight excluding hydrogens is 243 g/mol. The van der Waals surface area contributed by atoms with Crippen molar-refractivity contribution in [2.75, 3.05) is 0 Å². The van der Waals surface area contributed by atoms with Crippen LogP contribution in [-0.4, -0.2) is 20.6 Å². The highest BCUT2D eigenvalue weighted by Crippen LogP contribution is 2.36. The number of benzene rings is 1. The van der Waals surface area contributed by atoms with Crippen molar-refractivity contribution < 1.29 is 4.39 Å². The van der Waals surface area contributed by atoms with Crippen LogP contribution in [0.2, 0.25) is 5.02 Å². The monoisotopic (exact) mass is 252 g/mol. The van der Waals surface area contributed by atoms with E-state index in [0.717, 1.165) is 36.8 Å². The van der Waals surface area contributed by atoms with E-state index in [1.54, 1.807) is 0 Å². The molecule has 0 fully saturated rings. The molecule has 3 rings (SSSR count). The van der Waals surface area contributed by atoms with Gasteiger partial charge in [-0.25, -0.2) is 4.39 Å². The highest BCUT2D eigenvalue weighted by molar-refractivity contribution is 6.33. The summed E-state index contributed by atoms with van der Waals surface area (Å²) in [5.41, 5.74) is 2.66. The first kappa shape index (κ1) is 10.7. The molecule has 0 radical (unpaired) electrons. The fourth-order valence-electron chi connectivity index (χ4n) is 2.34. The van der Waals surface area contributed by atoms with Crippen LogP contribution in [0.3, 0.4) is 0 Å². The third kappa shape index (κ3) is 1.70. The summed E-state index contributed by atoms with van der Waals surface area (Å²) < 4.78 is 13.7. The molecule has 1 heterocycles. The molecule has 0 bridgehead atoms. The summed E-state index contributed by atoms with van der Waals surface area (Å²) in [6, 6.07) is 1.53. The van der Waals surface area contributed by atoms with Gasteiger partial charge in [-0.3, -0.25) is 0 Å². The minimum Gasteiger partial charge on any atom is -0.205 e. The molecule has 17 heavy (non-hydrogen) atoms. The molecular formula is C11H10ClFN4. The first-order chi connectivity index (χ1) is 8.27. The van der Waals surface area contributed by atoms with Crippen molar-refractivity contribution in [2.24, 2.45) is 0 Å². The number of aromatic nitrogens is 4. The first-order valence-electron chi connectivity index (χ1n) is 5.51. The van der Waals surface area contributed by atoms with Crippen molar-refractivity contribution in [3.63, 3.8) is 0 Å². The number of nitrogens with zero attached hydrogens (tertiary/aromatic N) is 3. The number of aryl methyl sites for hydroxylation is 1. The maximum Gasteiger partial charge on any atom is 0.206 e. The summed E-state index contributed by atoms with van der Waals surface area (Å²) in [6.45, 7) is 0. The van der Waals surface area contributed by atoms with Crippen LogP contribution in [0.15, 0.2) is 6.07 Å². The Morgan fingerprint density at radius 1 is 1.29 bits per heavy atom. The molecule has 6 heteroatoms. The Bertz CT molecular complexity index is 553. The van der Waals surface area contributed by atoms with Crippen LogP contribution < -0.4 is 0 Å². The molecule has 1 aromatic carbocycles. The van der Waals surface area contributed by atoms with E-state index in [9.17, 15) is 4.39 Å². The third-order valence-electron chi connectivity index (χ3n) is 3.11. The predicted molar refractivity (Wildman–Crippen MR) is 61.2 cm³/mol. The van der Waals surface area contributed by atoms with Crippen molar-refractivity contribution in [1.82, 2.24) is 20.6 Å². The Morgan fingerprint density at radius 2 is 2.12 bits per heavy atom. The second kappa shape index (κ2) is 4.07. The van der Waals surface area contributed by atoms with Crippen molar-refractivity contribution in [3.05, 3.63) is 28.0 Å². The van der Waals surface area contributed by atoms with Crippen LogP contribution in [0.4, 0.5) is 4.39 Å². The zero-order valence-electron chi connectivity index (χ0n) is 9.00. The van der Waals surface area contributed by atoms with Crippen molar-refractivity contribution >= 4 is 11.6 Å². The lowest BCUT2D eigenvalue weighted by atomic mass is 9.88. The number of hydrogen-bond acceptors (Lipinski definition) is 3. The highest BCUT2D eigenvalue weighted by atomic mass is 35.5. The summed E-state index contributed by atoms with van der Waals surface area (Å²) in [5, 5.41) is 13.8. The Balaban J connectivity index is 2.28. The lowest BCUT2D eigenvalue weighted by molar-refractivity contribution is 0.615. The number of hydrogen-bond donors (Lipinski definition) is 1. The van der Waals surface area contributed by atoms with Gasteiger partial charge in [-0.15, -0.1) is 10.2 Å². The molecule has 1 aromatic heterocycles. The van der Waals surface area contributed by atoms with Crippen LogP contribution >= 0.6 is 11.6 Å². The fraction of sp³-hybridized carbons (Fsp3) is 0.364. The van der Waals surface area contributed by atoms with Gasteiger partial charge in [0.25, 0.3) is 0 Å². The molecule has 1 aliphatic carbocycles. The lowest BCUT2D eigenvalue weighted by Crippen LogP contribution is -2.07. The number of rotatable bonds is 1.